The number of carbonyl (C=O) groups excluding carboxylic acids is 3. The van der Waals surface area contributed by atoms with Crippen molar-refractivity contribution in [3.63, 3.8) is 0 Å². The molecular weight excluding hydrogens is 262 g/mol. The molecule has 0 spiro atoms. The van der Waals surface area contributed by atoms with Gasteiger partial charge in [0.1, 0.15) is 0 Å². The summed E-state index contributed by atoms with van der Waals surface area (Å²) in [5.74, 6) is -2.48. The Hall–Kier alpha value is -1.59. The second kappa shape index (κ2) is 8.55. The Morgan fingerprint density at radius 1 is 1.10 bits per heavy atom. The molecule has 6 nitrogen and oxygen atoms in total. The number of hydrogen-bond donors (Lipinski definition) is 1. The van der Waals surface area contributed by atoms with Gasteiger partial charge in [0.25, 0.3) is 0 Å². The predicted octanol–water partition coefficient (Wildman–Crippen LogP) is -0.888. The zero-order valence-electron chi connectivity index (χ0n) is 11.6. The van der Waals surface area contributed by atoms with Crippen molar-refractivity contribution in [1.29, 1.82) is 0 Å². The predicted molar refractivity (Wildman–Crippen MR) is 67.0 cm³/mol. The molecule has 1 aliphatic carbocycles. The molecule has 0 radical (unpaired) electrons. The third-order valence-electron chi connectivity index (χ3n) is 3.75. The largest absolute Gasteiger partial charge is 0.550 e. The first-order chi connectivity index (χ1) is 9.49. The Morgan fingerprint density at radius 2 is 1.75 bits per heavy atom. The molecule has 0 heterocycles. The van der Waals surface area contributed by atoms with Crippen molar-refractivity contribution in [2.75, 3.05) is 0 Å². The quantitative estimate of drug-likeness (QED) is 0.590. The molecule has 1 rings (SSSR count). The molecule has 0 aromatic carbocycles. The maximum atomic E-state index is 11.6. The molecule has 1 fully saturated rings. The molecule has 0 saturated heterocycles. The summed E-state index contributed by atoms with van der Waals surface area (Å²) in [6.07, 6.45) is 6.31. The number of carbonyl (C=O) groups is 3. The summed E-state index contributed by atoms with van der Waals surface area (Å²) in [5.41, 5.74) is 0. The van der Waals surface area contributed by atoms with Crippen LogP contribution in [0.1, 0.15) is 57.8 Å². The van der Waals surface area contributed by atoms with Gasteiger partial charge >= 0.3 is 0 Å². The molecular formula is C14H21NO5-2. The van der Waals surface area contributed by atoms with Gasteiger partial charge in [-0.05, 0) is 31.6 Å². The van der Waals surface area contributed by atoms with Gasteiger partial charge in [-0.2, -0.15) is 0 Å². The first-order valence-corrected chi connectivity index (χ1v) is 7.19. The molecule has 0 aromatic heterocycles. The van der Waals surface area contributed by atoms with Gasteiger partial charge in [-0.25, -0.2) is 0 Å². The van der Waals surface area contributed by atoms with Crippen LogP contribution in [0.3, 0.4) is 0 Å². The molecule has 1 amide bonds. The minimum Gasteiger partial charge on any atom is -0.550 e. The van der Waals surface area contributed by atoms with E-state index in [1.54, 1.807) is 0 Å². The smallest absolute Gasteiger partial charge is 0.220 e. The van der Waals surface area contributed by atoms with Crippen LogP contribution in [0.5, 0.6) is 0 Å². The number of nitrogens with one attached hydrogen (secondary N) is 1. The van der Waals surface area contributed by atoms with Gasteiger partial charge in [0, 0.05) is 12.4 Å². The third kappa shape index (κ3) is 6.54. The fraction of sp³-hybridized carbons (Fsp3) is 0.786. The minimum absolute atomic E-state index is 0.209. The summed E-state index contributed by atoms with van der Waals surface area (Å²) in [7, 11) is 0. The Bertz CT molecular complexity index is 349. The summed E-state index contributed by atoms with van der Waals surface area (Å²) in [6, 6.07) is -1.26. The first kappa shape index (κ1) is 16.5. The first-order valence-electron chi connectivity index (χ1n) is 7.19. The summed E-state index contributed by atoms with van der Waals surface area (Å²) in [5, 5.41) is 23.4. The topological polar surface area (TPSA) is 109 Å². The highest BCUT2D eigenvalue weighted by atomic mass is 16.4. The summed E-state index contributed by atoms with van der Waals surface area (Å²) in [6.45, 7) is 0. The van der Waals surface area contributed by atoms with Crippen LogP contribution in [0.2, 0.25) is 0 Å². The lowest BCUT2D eigenvalue weighted by molar-refractivity contribution is -0.310. The molecule has 1 atom stereocenters. The van der Waals surface area contributed by atoms with Crippen LogP contribution >= 0.6 is 0 Å². The number of hydrogen-bond acceptors (Lipinski definition) is 5. The van der Waals surface area contributed by atoms with Gasteiger partial charge in [0.2, 0.25) is 5.91 Å². The van der Waals surface area contributed by atoms with Crippen molar-refractivity contribution in [2.45, 2.75) is 63.8 Å². The van der Waals surface area contributed by atoms with Crippen molar-refractivity contribution in [3.05, 3.63) is 0 Å². The summed E-state index contributed by atoms with van der Waals surface area (Å²) in [4.78, 5) is 32.7. The third-order valence-corrected chi connectivity index (χ3v) is 3.75. The van der Waals surface area contributed by atoms with Crippen molar-refractivity contribution in [1.82, 2.24) is 5.32 Å². The number of carboxylic acids is 2. The molecule has 6 heteroatoms. The molecule has 1 unspecified atom stereocenters. The van der Waals surface area contributed by atoms with Crippen LogP contribution in [0, 0.1) is 5.92 Å². The van der Waals surface area contributed by atoms with Crippen LogP contribution in [-0.2, 0) is 14.4 Å². The molecule has 20 heavy (non-hydrogen) atoms. The van der Waals surface area contributed by atoms with Crippen LogP contribution in [0.15, 0.2) is 0 Å². The molecule has 1 N–H and O–H groups in total. The van der Waals surface area contributed by atoms with E-state index in [0.717, 1.165) is 12.8 Å². The molecule has 1 aliphatic rings. The standard InChI is InChI=1S/C14H23NO5/c16-12(7-3-6-10-4-1-2-5-10)15-11(14(19)20)8-9-13(17)18/h10-11H,1-9H2,(H,15,16)(H,17,18)(H,19,20)/p-2. The van der Waals surface area contributed by atoms with E-state index in [4.69, 9.17) is 0 Å². The second-order valence-electron chi connectivity index (χ2n) is 5.39. The average molecular weight is 283 g/mol. The number of carboxylic acid groups (broad SMARTS) is 2. The van der Waals surface area contributed by atoms with Crippen LogP contribution < -0.4 is 15.5 Å². The molecule has 0 bridgehead atoms. The number of rotatable bonds is 9. The van der Waals surface area contributed by atoms with Crippen LogP contribution in [-0.4, -0.2) is 23.9 Å². The highest BCUT2D eigenvalue weighted by Gasteiger charge is 2.16. The fourth-order valence-corrected chi connectivity index (χ4v) is 2.63. The van der Waals surface area contributed by atoms with E-state index in [9.17, 15) is 24.6 Å². The number of amides is 1. The SMILES string of the molecule is O=C([O-])CCC(NC(=O)CCCC1CCCC1)C(=O)[O-]. The Kier molecular flexibility index (Phi) is 7.04. The summed E-state index contributed by atoms with van der Waals surface area (Å²) >= 11 is 0. The van der Waals surface area contributed by atoms with Gasteiger partial charge in [-0.1, -0.05) is 25.7 Å². The highest BCUT2D eigenvalue weighted by molar-refractivity contribution is 5.83. The molecule has 0 aromatic rings. The van der Waals surface area contributed by atoms with Crippen LogP contribution in [0.25, 0.3) is 0 Å². The zero-order chi connectivity index (χ0) is 15.0. The van der Waals surface area contributed by atoms with E-state index in [1.165, 1.54) is 25.7 Å². The lowest BCUT2D eigenvalue weighted by Crippen LogP contribution is -2.48. The van der Waals surface area contributed by atoms with Crippen molar-refractivity contribution >= 4 is 17.8 Å². The van der Waals surface area contributed by atoms with E-state index in [-0.39, 0.29) is 18.7 Å². The van der Waals surface area contributed by atoms with E-state index in [2.05, 4.69) is 5.32 Å². The van der Waals surface area contributed by atoms with Gasteiger partial charge in [-0.15, -0.1) is 0 Å². The lowest BCUT2D eigenvalue weighted by atomic mass is 10.0. The van der Waals surface area contributed by atoms with Crippen molar-refractivity contribution < 1.29 is 24.6 Å². The van der Waals surface area contributed by atoms with Gasteiger partial charge in [0.05, 0.1) is 12.0 Å². The van der Waals surface area contributed by atoms with Crippen molar-refractivity contribution in [2.24, 2.45) is 5.92 Å². The maximum Gasteiger partial charge on any atom is 0.220 e. The zero-order valence-corrected chi connectivity index (χ0v) is 11.6. The highest BCUT2D eigenvalue weighted by Crippen LogP contribution is 2.28. The molecule has 114 valence electrons. The lowest BCUT2D eigenvalue weighted by Gasteiger charge is -2.20. The molecule has 1 saturated carbocycles. The monoisotopic (exact) mass is 283 g/mol. The minimum atomic E-state index is -1.46. The fourth-order valence-electron chi connectivity index (χ4n) is 2.63. The second-order valence-corrected chi connectivity index (χ2v) is 5.39. The van der Waals surface area contributed by atoms with E-state index >= 15 is 0 Å². The van der Waals surface area contributed by atoms with E-state index in [0.29, 0.717) is 5.92 Å². The van der Waals surface area contributed by atoms with Crippen LogP contribution in [0.4, 0.5) is 0 Å². The average Bonchev–Trinajstić information content (AvgIpc) is 2.87. The Morgan fingerprint density at radius 3 is 2.30 bits per heavy atom. The summed E-state index contributed by atoms with van der Waals surface area (Å²) < 4.78 is 0. The van der Waals surface area contributed by atoms with Gasteiger partial charge < -0.3 is 25.1 Å². The van der Waals surface area contributed by atoms with E-state index in [1.807, 2.05) is 0 Å². The maximum absolute atomic E-state index is 11.6. The van der Waals surface area contributed by atoms with Crippen molar-refractivity contribution in [3.8, 4) is 0 Å². The van der Waals surface area contributed by atoms with Gasteiger partial charge in [-0.3, -0.25) is 4.79 Å². The normalized spacial score (nSPS) is 16.8. The Labute approximate surface area is 118 Å². The van der Waals surface area contributed by atoms with E-state index < -0.39 is 24.4 Å². The van der Waals surface area contributed by atoms with Gasteiger partial charge in [0.15, 0.2) is 0 Å². The Balaban J connectivity index is 2.22. The molecule has 0 aliphatic heterocycles. The number of aliphatic carboxylic acids is 2.